The molecule has 0 radical (unpaired) electrons. The van der Waals surface area contributed by atoms with E-state index < -0.39 is 0 Å². The quantitative estimate of drug-likeness (QED) is 0.771. The summed E-state index contributed by atoms with van der Waals surface area (Å²) in [6, 6.07) is 1.63. The first-order chi connectivity index (χ1) is 7.97. The summed E-state index contributed by atoms with van der Waals surface area (Å²) in [6.07, 6.45) is 0. The van der Waals surface area contributed by atoms with Crippen molar-refractivity contribution in [1.82, 2.24) is 0 Å². The second-order valence-corrected chi connectivity index (χ2v) is 4.34. The van der Waals surface area contributed by atoms with E-state index >= 15 is 0 Å². The van der Waals surface area contributed by atoms with Crippen LogP contribution in [-0.2, 0) is 4.79 Å². The van der Waals surface area contributed by atoms with Crippen LogP contribution < -0.4 is 9.64 Å². The summed E-state index contributed by atoms with van der Waals surface area (Å²) in [5.74, 6) is 0.169. The maximum atomic E-state index is 11.9. The van der Waals surface area contributed by atoms with E-state index in [1.165, 1.54) is 18.9 Å². The van der Waals surface area contributed by atoms with Gasteiger partial charge in [-0.1, -0.05) is 11.6 Å². The van der Waals surface area contributed by atoms with Crippen LogP contribution in [0.4, 0.5) is 5.69 Å². The number of benzene rings is 1. The number of rotatable bonds is 1. The molecule has 0 fully saturated rings. The normalized spacial score (nSPS) is 13.9. The molecule has 1 aromatic carbocycles. The molecule has 0 saturated heterocycles. The van der Waals surface area contributed by atoms with E-state index in [2.05, 4.69) is 0 Å². The number of carbonyl (C=O) groups is 2. The molecule has 4 nitrogen and oxygen atoms in total. The molecule has 0 atom stereocenters. The third kappa shape index (κ3) is 1.69. The van der Waals surface area contributed by atoms with Crippen LogP contribution in [0.5, 0.6) is 5.75 Å². The van der Waals surface area contributed by atoms with Crippen molar-refractivity contribution in [1.29, 1.82) is 0 Å². The molecular weight excluding hydrogens is 242 g/mol. The van der Waals surface area contributed by atoms with E-state index in [1.54, 1.807) is 13.0 Å². The lowest BCUT2D eigenvalue weighted by Gasteiger charge is -2.17. The minimum absolute atomic E-state index is 0.0577. The maximum Gasteiger partial charge on any atom is 0.224 e. The van der Waals surface area contributed by atoms with Crippen molar-refractivity contribution in [2.75, 3.05) is 18.6 Å². The Hall–Kier alpha value is -1.55. The molecule has 0 spiro atoms. The number of ether oxygens (including phenoxy) is 1. The molecule has 17 heavy (non-hydrogen) atoms. The molecule has 0 bridgehead atoms. The van der Waals surface area contributed by atoms with E-state index in [-0.39, 0.29) is 18.2 Å². The van der Waals surface area contributed by atoms with Crippen LogP contribution in [0.1, 0.15) is 22.8 Å². The summed E-state index contributed by atoms with van der Waals surface area (Å²) >= 11 is 6.03. The van der Waals surface area contributed by atoms with Gasteiger partial charge in [0.05, 0.1) is 24.9 Å². The molecule has 0 aliphatic carbocycles. The van der Waals surface area contributed by atoms with Crippen molar-refractivity contribution in [3.05, 3.63) is 22.2 Å². The van der Waals surface area contributed by atoms with Crippen molar-refractivity contribution in [3.8, 4) is 5.75 Å². The van der Waals surface area contributed by atoms with E-state index in [4.69, 9.17) is 16.3 Å². The lowest BCUT2D eigenvalue weighted by molar-refractivity contribution is -0.116. The highest BCUT2D eigenvalue weighted by Crippen LogP contribution is 2.42. The van der Waals surface area contributed by atoms with Crippen LogP contribution in [-0.4, -0.2) is 25.3 Å². The summed E-state index contributed by atoms with van der Waals surface area (Å²) < 4.78 is 5.19. The first kappa shape index (κ1) is 11.9. The Morgan fingerprint density at radius 3 is 2.71 bits per heavy atom. The topological polar surface area (TPSA) is 46.6 Å². The highest BCUT2D eigenvalue weighted by atomic mass is 35.5. The Bertz CT molecular complexity index is 525. The summed E-state index contributed by atoms with van der Waals surface area (Å²) in [4.78, 5) is 24.8. The van der Waals surface area contributed by atoms with Gasteiger partial charge in [-0.3, -0.25) is 9.59 Å². The first-order valence-electron chi connectivity index (χ1n) is 5.15. The molecule has 0 aromatic heterocycles. The molecular formula is C12H12ClNO3. The van der Waals surface area contributed by atoms with Gasteiger partial charge >= 0.3 is 0 Å². The van der Waals surface area contributed by atoms with E-state index in [1.807, 2.05) is 0 Å². The van der Waals surface area contributed by atoms with Crippen LogP contribution in [0, 0.1) is 6.92 Å². The standard InChI is InChI=1S/C12H12ClNO3/c1-6-8(13)4-10(17-3)12-11(6)9(16)5-14(12)7(2)15/h4H,5H2,1-3H3. The summed E-state index contributed by atoms with van der Waals surface area (Å²) in [7, 11) is 1.49. The van der Waals surface area contributed by atoms with Gasteiger partial charge in [-0.2, -0.15) is 0 Å². The largest absolute Gasteiger partial charge is 0.494 e. The van der Waals surface area contributed by atoms with Crippen LogP contribution in [0.25, 0.3) is 0 Å². The van der Waals surface area contributed by atoms with Gasteiger partial charge in [0.2, 0.25) is 5.91 Å². The van der Waals surface area contributed by atoms with Crippen LogP contribution >= 0.6 is 11.6 Å². The van der Waals surface area contributed by atoms with Gasteiger partial charge in [-0.25, -0.2) is 0 Å². The van der Waals surface area contributed by atoms with Crippen LogP contribution in [0.2, 0.25) is 5.02 Å². The molecule has 1 aliphatic heterocycles. The smallest absolute Gasteiger partial charge is 0.224 e. The molecule has 0 saturated carbocycles. The molecule has 2 rings (SSSR count). The fraction of sp³-hybridized carbons (Fsp3) is 0.333. The highest BCUT2D eigenvalue weighted by molar-refractivity contribution is 6.33. The molecule has 0 N–H and O–H groups in total. The monoisotopic (exact) mass is 253 g/mol. The van der Waals surface area contributed by atoms with Gasteiger partial charge in [-0.05, 0) is 12.5 Å². The van der Waals surface area contributed by atoms with Gasteiger partial charge < -0.3 is 9.64 Å². The third-order valence-corrected chi connectivity index (χ3v) is 3.30. The Morgan fingerprint density at radius 1 is 1.53 bits per heavy atom. The Kier molecular flexibility index (Phi) is 2.83. The Morgan fingerprint density at radius 2 is 2.18 bits per heavy atom. The lowest BCUT2D eigenvalue weighted by atomic mass is 10.0. The SMILES string of the molecule is COc1cc(Cl)c(C)c2c1N(C(C)=O)CC2=O. The van der Waals surface area contributed by atoms with Gasteiger partial charge in [0.1, 0.15) is 5.75 Å². The molecule has 90 valence electrons. The van der Waals surface area contributed by atoms with Gasteiger partial charge in [0.25, 0.3) is 0 Å². The number of halogens is 1. The van der Waals surface area contributed by atoms with Gasteiger partial charge in [-0.15, -0.1) is 0 Å². The van der Waals surface area contributed by atoms with Crippen molar-refractivity contribution in [3.63, 3.8) is 0 Å². The zero-order valence-electron chi connectivity index (χ0n) is 9.83. The summed E-state index contributed by atoms with van der Waals surface area (Å²) in [6.45, 7) is 3.25. The number of Topliss-reactive ketones (excluding diaryl/α,β-unsaturated/α-hetero) is 1. The van der Waals surface area contributed by atoms with E-state index in [0.29, 0.717) is 27.6 Å². The molecule has 1 aliphatic rings. The van der Waals surface area contributed by atoms with Crippen molar-refractivity contribution >= 4 is 29.0 Å². The molecule has 1 heterocycles. The minimum Gasteiger partial charge on any atom is -0.494 e. The number of methoxy groups -OCH3 is 1. The second-order valence-electron chi connectivity index (χ2n) is 3.94. The number of fused-ring (bicyclic) bond motifs is 1. The Labute approximate surface area is 104 Å². The minimum atomic E-state index is -0.183. The highest BCUT2D eigenvalue weighted by Gasteiger charge is 2.34. The zero-order chi connectivity index (χ0) is 12.7. The van der Waals surface area contributed by atoms with Gasteiger partial charge in [0.15, 0.2) is 5.78 Å². The summed E-state index contributed by atoms with van der Waals surface area (Å²) in [5.41, 5.74) is 1.72. The van der Waals surface area contributed by atoms with E-state index in [0.717, 1.165) is 0 Å². The van der Waals surface area contributed by atoms with Crippen LogP contribution in [0.15, 0.2) is 6.07 Å². The number of carbonyl (C=O) groups excluding carboxylic acids is 2. The summed E-state index contributed by atoms with van der Waals surface area (Å²) in [5, 5.41) is 0.472. The first-order valence-corrected chi connectivity index (χ1v) is 5.53. The van der Waals surface area contributed by atoms with Gasteiger partial charge in [0, 0.05) is 18.0 Å². The number of hydrogen-bond donors (Lipinski definition) is 0. The fourth-order valence-electron chi connectivity index (χ4n) is 2.05. The number of ketones is 1. The average Bonchev–Trinajstić information content (AvgIpc) is 2.62. The van der Waals surface area contributed by atoms with Crippen molar-refractivity contribution in [2.45, 2.75) is 13.8 Å². The molecule has 1 aromatic rings. The fourth-order valence-corrected chi connectivity index (χ4v) is 2.24. The average molecular weight is 254 g/mol. The second kappa shape index (κ2) is 4.04. The lowest BCUT2D eigenvalue weighted by Crippen LogP contribution is -2.27. The molecule has 5 heteroatoms. The molecule has 0 unspecified atom stereocenters. The third-order valence-electron chi connectivity index (χ3n) is 2.91. The van der Waals surface area contributed by atoms with Crippen molar-refractivity contribution < 1.29 is 14.3 Å². The number of nitrogens with zero attached hydrogens (tertiary/aromatic N) is 1. The van der Waals surface area contributed by atoms with Crippen molar-refractivity contribution in [2.24, 2.45) is 0 Å². The Balaban J connectivity index is 2.75. The predicted molar refractivity (Wildman–Crippen MR) is 65.1 cm³/mol. The van der Waals surface area contributed by atoms with E-state index in [9.17, 15) is 9.59 Å². The number of hydrogen-bond acceptors (Lipinski definition) is 3. The zero-order valence-corrected chi connectivity index (χ0v) is 10.6. The molecule has 1 amide bonds. The van der Waals surface area contributed by atoms with Crippen LogP contribution in [0.3, 0.4) is 0 Å². The number of anilines is 1. The predicted octanol–water partition coefficient (Wildman–Crippen LogP) is 2.21. The maximum absolute atomic E-state index is 11.9. The number of amides is 1.